The predicted molar refractivity (Wildman–Crippen MR) is 120 cm³/mol. The molecule has 0 saturated carbocycles. The van der Waals surface area contributed by atoms with Crippen LogP contribution in [0.4, 0.5) is 19.0 Å². The molecule has 1 aliphatic rings. The van der Waals surface area contributed by atoms with E-state index >= 15 is 0 Å². The van der Waals surface area contributed by atoms with Crippen LogP contribution in [-0.4, -0.2) is 41.7 Å². The monoisotopic (exact) mass is 451 g/mol. The third-order valence-corrected chi connectivity index (χ3v) is 4.57. The molecular formula is C24H32F3N3O2. The van der Waals surface area contributed by atoms with Gasteiger partial charge in [0.05, 0.1) is 0 Å². The molecule has 0 radical (unpaired) electrons. The topological polar surface area (TPSA) is 62.3 Å². The van der Waals surface area contributed by atoms with Gasteiger partial charge < -0.3 is 10.2 Å². The number of ketones is 1. The van der Waals surface area contributed by atoms with Crippen molar-refractivity contribution in [2.24, 2.45) is 5.92 Å². The highest BCUT2D eigenvalue weighted by Gasteiger charge is 2.26. The molecule has 1 saturated heterocycles. The molecule has 32 heavy (non-hydrogen) atoms. The summed E-state index contributed by atoms with van der Waals surface area (Å²) in [6.45, 7) is 9.88. The van der Waals surface area contributed by atoms with Gasteiger partial charge in [-0.1, -0.05) is 40.2 Å². The number of hydrogen-bond donors (Lipinski definition) is 1. The average molecular weight is 452 g/mol. The highest BCUT2D eigenvalue weighted by Crippen LogP contribution is 2.21. The van der Waals surface area contributed by atoms with E-state index in [0.717, 1.165) is 25.9 Å². The molecule has 0 spiro atoms. The summed E-state index contributed by atoms with van der Waals surface area (Å²) < 4.78 is 40.4. The van der Waals surface area contributed by atoms with Crippen molar-refractivity contribution in [2.45, 2.75) is 47.0 Å². The van der Waals surface area contributed by atoms with Crippen LogP contribution in [0.2, 0.25) is 0 Å². The number of hydrogen-bond acceptors (Lipinski definition) is 4. The number of benzene rings is 1. The standard InChI is InChI=1S/C19H18F3N3O2.C3H8.C2H6/c1-25-7-5-11(6-8-25)18(26)15-3-2-4-16(23-15)24-19(27)17-13(21)9-12(20)10-14(17)22;1-3-2;1-2/h2-4,9-11H,5-8H2,1H3,(H,23,24,27);3H2,1-2H3;1-2H3. The highest BCUT2D eigenvalue weighted by atomic mass is 19.1. The molecule has 1 aromatic heterocycles. The smallest absolute Gasteiger partial charge is 0.262 e. The summed E-state index contributed by atoms with van der Waals surface area (Å²) >= 11 is 0. The molecule has 1 aromatic carbocycles. The van der Waals surface area contributed by atoms with Crippen LogP contribution in [0, 0.1) is 23.4 Å². The van der Waals surface area contributed by atoms with Gasteiger partial charge in [-0.15, -0.1) is 0 Å². The van der Waals surface area contributed by atoms with Crippen LogP contribution in [0.15, 0.2) is 30.3 Å². The Morgan fingerprint density at radius 1 is 1.06 bits per heavy atom. The number of nitrogens with one attached hydrogen (secondary N) is 1. The Balaban J connectivity index is 0.000000944. The van der Waals surface area contributed by atoms with Crippen molar-refractivity contribution >= 4 is 17.5 Å². The predicted octanol–water partition coefficient (Wildman–Crippen LogP) is 5.72. The van der Waals surface area contributed by atoms with Crippen molar-refractivity contribution in [1.29, 1.82) is 0 Å². The zero-order valence-corrected chi connectivity index (χ0v) is 19.3. The Morgan fingerprint density at radius 2 is 1.59 bits per heavy atom. The molecule has 0 aliphatic carbocycles. The van der Waals surface area contributed by atoms with E-state index < -0.39 is 28.9 Å². The zero-order valence-electron chi connectivity index (χ0n) is 19.3. The number of likely N-dealkylation sites (tertiary alicyclic amines) is 1. The summed E-state index contributed by atoms with van der Waals surface area (Å²) in [6, 6.07) is 5.32. The van der Waals surface area contributed by atoms with E-state index in [9.17, 15) is 22.8 Å². The van der Waals surface area contributed by atoms with Crippen molar-refractivity contribution in [3.63, 3.8) is 0 Å². The number of rotatable bonds is 4. The van der Waals surface area contributed by atoms with Crippen LogP contribution in [0.25, 0.3) is 0 Å². The zero-order chi connectivity index (χ0) is 24.3. The first kappa shape index (κ1) is 27.3. The summed E-state index contributed by atoms with van der Waals surface area (Å²) in [5.74, 6) is -5.15. The quantitative estimate of drug-likeness (QED) is 0.604. The maximum absolute atomic E-state index is 13.7. The molecule has 1 amide bonds. The second-order valence-corrected chi connectivity index (χ2v) is 7.26. The van der Waals surface area contributed by atoms with Gasteiger partial charge in [-0.25, -0.2) is 18.2 Å². The van der Waals surface area contributed by atoms with Gasteiger partial charge >= 0.3 is 0 Å². The van der Waals surface area contributed by atoms with Gasteiger partial charge in [-0.2, -0.15) is 0 Å². The van der Waals surface area contributed by atoms with E-state index in [1.807, 2.05) is 20.9 Å². The van der Waals surface area contributed by atoms with Crippen molar-refractivity contribution in [2.75, 3.05) is 25.5 Å². The van der Waals surface area contributed by atoms with Crippen molar-refractivity contribution in [3.8, 4) is 0 Å². The van der Waals surface area contributed by atoms with Gasteiger partial charge in [0.15, 0.2) is 5.78 Å². The number of amides is 1. The normalized spacial score (nSPS) is 13.9. The molecule has 1 fully saturated rings. The number of nitrogens with zero attached hydrogens (tertiary/aromatic N) is 2. The molecule has 5 nitrogen and oxygen atoms in total. The molecule has 0 atom stereocenters. The van der Waals surface area contributed by atoms with Gasteiger partial charge in [0.1, 0.15) is 34.5 Å². The second-order valence-electron chi connectivity index (χ2n) is 7.26. The fraction of sp³-hybridized carbons (Fsp3) is 0.458. The highest BCUT2D eigenvalue weighted by molar-refractivity contribution is 6.04. The lowest BCUT2D eigenvalue weighted by Gasteiger charge is -2.27. The van der Waals surface area contributed by atoms with E-state index in [-0.39, 0.29) is 23.2 Å². The van der Waals surface area contributed by atoms with E-state index in [1.165, 1.54) is 24.6 Å². The Bertz CT molecular complexity index is 875. The SMILES string of the molecule is CC.CCC.CN1CCC(C(=O)c2cccc(NC(=O)c3c(F)cc(F)cc3F)n2)CC1. The largest absolute Gasteiger partial charge is 0.306 e. The summed E-state index contributed by atoms with van der Waals surface area (Å²) in [6.07, 6.45) is 2.69. The molecule has 2 heterocycles. The van der Waals surface area contributed by atoms with Crippen LogP contribution >= 0.6 is 0 Å². The van der Waals surface area contributed by atoms with Gasteiger partial charge in [0.25, 0.3) is 5.91 Å². The van der Waals surface area contributed by atoms with Gasteiger partial charge in [-0.05, 0) is 45.1 Å². The number of carbonyl (C=O) groups is 2. The number of piperidine rings is 1. The minimum absolute atomic E-state index is 0.0121. The van der Waals surface area contributed by atoms with Gasteiger partial charge in [0.2, 0.25) is 0 Å². The summed E-state index contributed by atoms with van der Waals surface area (Å²) in [5.41, 5.74) is -0.729. The average Bonchev–Trinajstić information content (AvgIpc) is 2.75. The van der Waals surface area contributed by atoms with Crippen molar-refractivity contribution < 1.29 is 22.8 Å². The summed E-state index contributed by atoms with van der Waals surface area (Å²) in [5, 5.41) is 2.25. The van der Waals surface area contributed by atoms with Gasteiger partial charge in [0, 0.05) is 18.1 Å². The molecule has 8 heteroatoms. The number of aromatic nitrogens is 1. The lowest BCUT2D eigenvalue weighted by molar-refractivity contribution is 0.0851. The lowest BCUT2D eigenvalue weighted by Crippen LogP contribution is -2.33. The first-order chi connectivity index (χ1) is 15.3. The van der Waals surface area contributed by atoms with Crippen molar-refractivity contribution in [1.82, 2.24) is 9.88 Å². The summed E-state index contributed by atoms with van der Waals surface area (Å²) in [7, 11) is 1.99. The fourth-order valence-corrected chi connectivity index (χ4v) is 3.06. The van der Waals surface area contributed by atoms with E-state index in [2.05, 4.69) is 29.0 Å². The Labute approximate surface area is 188 Å². The number of pyridine rings is 1. The maximum Gasteiger partial charge on any atom is 0.262 e. The third-order valence-electron chi connectivity index (χ3n) is 4.57. The Kier molecular flexibility index (Phi) is 11.6. The molecule has 176 valence electrons. The number of Topliss-reactive ketones (excluding diaryl/α,β-unsaturated/α-hetero) is 1. The van der Waals surface area contributed by atoms with E-state index in [4.69, 9.17) is 0 Å². The number of halogens is 3. The molecule has 1 N–H and O–H groups in total. The van der Waals surface area contributed by atoms with Crippen LogP contribution in [0.5, 0.6) is 0 Å². The first-order valence-electron chi connectivity index (χ1n) is 10.9. The third kappa shape index (κ3) is 7.75. The molecule has 3 rings (SSSR count). The van der Waals surface area contributed by atoms with Crippen LogP contribution in [0.3, 0.4) is 0 Å². The molecule has 0 unspecified atom stereocenters. The van der Waals surface area contributed by atoms with E-state index in [0.29, 0.717) is 12.1 Å². The molecular weight excluding hydrogens is 419 g/mol. The minimum Gasteiger partial charge on any atom is -0.306 e. The van der Waals surface area contributed by atoms with Crippen LogP contribution in [-0.2, 0) is 0 Å². The molecule has 2 aromatic rings. The van der Waals surface area contributed by atoms with Gasteiger partial charge in [-0.3, -0.25) is 9.59 Å². The molecule has 0 bridgehead atoms. The Hall–Kier alpha value is -2.74. The molecule has 1 aliphatic heterocycles. The lowest BCUT2D eigenvalue weighted by atomic mass is 9.91. The number of anilines is 1. The Morgan fingerprint density at radius 3 is 2.12 bits per heavy atom. The van der Waals surface area contributed by atoms with Crippen LogP contribution in [0.1, 0.15) is 67.8 Å². The maximum atomic E-state index is 13.7. The fourth-order valence-electron chi connectivity index (χ4n) is 3.06. The first-order valence-corrected chi connectivity index (χ1v) is 10.9. The minimum atomic E-state index is -1.32. The summed E-state index contributed by atoms with van der Waals surface area (Å²) in [4.78, 5) is 31.0. The number of carbonyl (C=O) groups excluding carboxylic acids is 2. The second kappa shape index (κ2) is 13.6. The van der Waals surface area contributed by atoms with E-state index in [1.54, 1.807) is 0 Å². The van der Waals surface area contributed by atoms with Crippen LogP contribution < -0.4 is 5.32 Å². The van der Waals surface area contributed by atoms with Crippen molar-refractivity contribution in [3.05, 3.63) is 59.0 Å².